The van der Waals surface area contributed by atoms with E-state index in [9.17, 15) is 9.59 Å². The van der Waals surface area contributed by atoms with Crippen molar-refractivity contribution in [2.24, 2.45) is 12.8 Å². The molecule has 1 heterocycles. The molecule has 2 aromatic carbocycles. The van der Waals surface area contributed by atoms with E-state index in [4.69, 9.17) is 15.5 Å². The number of hydrogen-bond donors (Lipinski definition) is 1. The summed E-state index contributed by atoms with van der Waals surface area (Å²) in [6, 6.07) is 14.0. The first kappa shape index (κ1) is 28.8. The van der Waals surface area contributed by atoms with Gasteiger partial charge in [0.25, 0.3) is 0 Å². The maximum absolute atomic E-state index is 13.2. The zero-order valence-electron chi connectivity index (χ0n) is 23.5. The molecule has 204 valence electrons. The van der Waals surface area contributed by atoms with Gasteiger partial charge in [0, 0.05) is 38.4 Å². The second-order valence-electron chi connectivity index (χ2n) is 10.6. The first-order valence-electron chi connectivity index (χ1n) is 13.3. The number of anilines is 1. The first-order chi connectivity index (χ1) is 18.0. The van der Waals surface area contributed by atoms with Crippen LogP contribution in [-0.4, -0.2) is 45.1 Å². The maximum atomic E-state index is 13.2. The average molecular weight is 520 g/mol. The molecule has 0 unspecified atom stereocenters. The summed E-state index contributed by atoms with van der Waals surface area (Å²) in [5.74, 6) is 0.282. The molecule has 0 spiro atoms. The number of ether oxygens (including phenoxy) is 1. The van der Waals surface area contributed by atoms with Gasteiger partial charge in [-0.25, -0.2) is 9.78 Å². The van der Waals surface area contributed by atoms with E-state index >= 15 is 0 Å². The highest BCUT2D eigenvalue weighted by Gasteiger charge is 2.24. The third-order valence-electron chi connectivity index (χ3n) is 6.09. The van der Waals surface area contributed by atoms with E-state index < -0.39 is 17.6 Å². The van der Waals surface area contributed by atoms with E-state index in [1.807, 2.05) is 56.7 Å². The van der Waals surface area contributed by atoms with E-state index in [0.29, 0.717) is 13.1 Å². The van der Waals surface area contributed by atoms with Gasteiger partial charge < -0.3 is 19.9 Å². The van der Waals surface area contributed by atoms with Gasteiger partial charge >= 0.3 is 6.09 Å². The van der Waals surface area contributed by atoms with Crippen LogP contribution in [0.25, 0.3) is 17.1 Å². The van der Waals surface area contributed by atoms with E-state index in [1.54, 1.807) is 11.0 Å². The number of hydrogen-bond acceptors (Lipinski definition) is 5. The number of rotatable bonds is 11. The number of carbonyl (C=O) groups is 2. The van der Waals surface area contributed by atoms with Crippen molar-refractivity contribution in [1.29, 1.82) is 0 Å². The molecule has 0 aliphatic carbocycles. The number of nitrogens with zero attached hydrogens (tertiary/aromatic N) is 4. The number of imidazole rings is 1. The van der Waals surface area contributed by atoms with Gasteiger partial charge in [-0.2, -0.15) is 0 Å². The van der Waals surface area contributed by atoms with E-state index in [0.717, 1.165) is 53.9 Å². The molecule has 8 heteroatoms. The number of aryl methyl sites for hydroxylation is 1. The summed E-state index contributed by atoms with van der Waals surface area (Å²) in [5, 5.41) is 0. The van der Waals surface area contributed by atoms with Crippen LogP contribution in [0.5, 0.6) is 0 Å². The van der Waals surface area contributed by atoms with Crippen LogP contribution < -0.4 is 10.6 Å². The number of benzene rings is 2. The van der Waals surface area contributed by atoms with Gasteiger partial charge in [-0.3, -0.25) is 9.69 Å². The second-order valence-corrected chi connectivity index (χ2v) is 10.6. The average Bonchev–Trinajstić information content (AvgIpc) is 3.16. The maximum Gasteiger partial charge on any atom is 0.410 e. The molecule has 0 fully saturated rings. The lowest BCUT2D eigenvalue weighted by molar-refractivity contribution is -0.113. The van der Waals surface area contributed by atoms with Crippen LogP contribution in [0.1, 0.15) is 64.4 Å². The molecule has 0 saturated carbocycles. The van der Waals surface area contributed by atoms with Gasteiger partial charge in [-0.15, -0.1) is 0 Å². The van der Waals surface area contributed by atoms with Gasteiger partial charge in [0.05, 0.1) is 17.6 Å². The number of aromatic nitrogens is 2. The largest absolute Gasteiger partial charge is 0.444 e. The smallest absolute Gasteiger partial charge is 0.410 e. The standard InChI is InChI=1S/C30H41N5O3/c1-7-17-34(18-8-2)24-14-15-26-25(19-24)32-28(33(26)6)21-35(29(37)38-30(3,4)5)20-23-11-9-22(10-12-23)13-16-27(31)36/h9-16,19H,7-8,17-18,20-21H2,1-6H3,(H2,31,36)/b16-13+. The Kier molecular flexibility index (Phi) is 9.55. The fourth-order valence-electron chi connectivity index (χ4n) is 4.30. The van der Waals surface area contributed by atoms with Crippen molar-refractivity contribution in [2.75, 3.05) is 18.0 Å². The van der Waals surface area contributed by atoms with Gasteiger partial charge in [0.15, 0.2) is 0 Å². The lowest BCUT2D eigenvalue weighted by atomic mass is 10.1. The molecular formula is C30H41N5O3. The van der Waals surface area contributed by atoms with E-state index in [2.05, 4.69) is 36.9 Å². The van der Waals surface area contributed by atoms with Gasteiger partial charge in [-0.05, 0) is 69.0 Å². The van der Waals surface area contributed by atoms with Gasteiger partial charge in [-0.1, -0.05) is 38.1 Å². The van der Waals surface area contributed by atoms with E-state index in [1.165, 1.54) is 11.8 Å². The first-order valence-corrected chi connectivity index (χ1v) is 13.3. The predicted molar refractivity (Wildman–Crippen MR) is 154 cm³/mol. The fraction of sp³-hybridized carbons (Fsp3) is 0.433. The topological polar surface area (TPSA) is 93.7 Å². The van der Waals surface area contributed by atoms with Crippen LogP contribution in [-0.2, 0) is 29.7 Å². The van der Waals surface area contributed by atoms with Crippen LogP contribution >= 0.6 is 0 Å². The third-order valence-corrected chi connectivity index (χ3v) is 6.09. The number of carbonyl (C=O) groups excluding carboxylic acids is 2. The molecule has 0 radical (unpaired) electrons. The normalized spacial score (nSPS) is 11.7. The summed E-state index contributed by atoms with van der Waals surface area (Å²) >= 11 is 0. The summed E-state index contributed by atoms with van der Waals surface area (Å²) < 4.78 is 7.77. The Hall–Kier alpha value is -3.81. The summed E-state index contributed by atoms with van der Waals surface area (Å²) in [6.07, 6.45) is 4.74. The number of amides is 2. The summed E-state index contributed by atoms with van der Waals surface area (Å²) in [6.45, 7) is 12.6. The highest BCUT2D eigenvalue weighted by Crippen LogP contribution is 2.24. The Labute approximate surface area is 226 Å². The molecule has 2 amide bonds. The molecule has 0 aliphatic heterocycles. The molecule has 8 nitrogen and oxygen atoms in total. The van der Waals surface area contributed by atoms with Crippen molar-refractivity contribution in [3.8, 4) is 0 Å². The summed E-state index contributed by atoms with van der Waals surface area (Å²) in [4.78, 5) is 33.2. The zero-order chi connectivity index (χ0) is 27.9. The minimum atomic E-state index is -0.623. The predicted octanol–water partition coefficient (Wildman–Crippen LogP) is 5.64. The van der Waals surface area contributed by atoms with Gasteiger partial charge in [0.2, 0.25) is 5.91 Å². The lowest BCUT2D eigenvalue weighted by Crippen LogP contribution is -2.36. The molecule has 1 aromatic heterocycles. The molecule has 3 aromatic rings. The number of primary amides is 1. The SMILES string of the molecule is CCCN(CCC)c1ccc2c(c1)nc(CN(Cc1ccc(/C=C/C(N)=O)cc1)C(=O)OC(C)(C)C)n2C. The fourth-order valence-corrected chi connectivity index (χ4v) is 4.30. The van der Waals surface area contributed by atoms with Crippen LogP contribution in [0.15, 0.2) is 48.5 Å². The van der Waals surface area contributed by atoms with Crippen LogP contribution in [0.4, 0.5) is 10.5 Å². The Bertz CT molecular complexity index is 1270. The zero-order valence-corrected chi connectivity index (χ0v) is 23.5. The molecule has 0 saturated heterocycles. The molecule has 38 heavy (non-hydrogen) atoms. The Morgan fingerprint density at radius 2 is 1.68 bits per heavy atom. The van der Waals surface area contributed by atoms with Crippen molar-refractivity contribution < 1.29 is 14.3 Å². The number of fused-ring (bicyclic) bond motifs is 1. The highest BCUT2D eigenvalue weighted by molar-refractivity contribution is 5.90. The molecule has 0 aliphatic rings. The summed E-state index contributed by atoms with van der Waals surface area (Å²) in [7, 11) is 1.98. The van der Waals surface area contributed by atoms with E-state index in [-0.39, 0.29) is 0 Å². The molecule has 0 bridgehead atoms. The van der Waals surface area contributed by atoms with Crippen molar-refractivity contribution in [2.45, 2.75) is 66.2 Å². The Morgan fingerprint density at radius 1 is 1.03 bits per heavy atom. The molecule has 3 rings (SSSR count). The van der Waals surface area contributed by atoms with Gasteiger partial charge in [0.1, 0.15) is 11.4 Å². The van der Waals surface area contributed by atoms with Crippen LogP contribution in [0.2, 0.25) is 0 Å². The van der Waals surface area contributed by atoms with Crippen molar-refractivity contribution in [1.82, 2.24) is 14.5 Å². The lowest BCUT2D eigenvalue weighted by Gasteiger charge is -2.27. The molecule has 2 N–H and O–H groups in total. The third kappa shape index (κ3) is 7.84. The Balaban J connectivity index is 1.89. The summed E-state index contributed by atoms with van der Waals surface area (Å²) in [5.41, 5.74) is 9.44. The van der Waals surface area contributed by atoms with Crippen molar-refractivity contribution in [3.63, 3.8) is 0 Å². The monoisotopic (exact) mass is 519 g/mol. The Morgan fingerprint density at radius 3 is 2.26 bits per heavy atom. The quantitative estimate of drug-likeness (QED) is 0.331. The minimum absolute atomic E-state index is 0.298. The van der Waals surface area contributed by atoms with Crippen LogP contribution in [0.3, 0.4) is 0 Å². The molecular weight excluding hydrogens is 478 g/mol. The van der Waals surface area contributed by atoms with Crippen LogP contribution in [0, 0.1) is 0 Å². The molecule has 0 atom stereocenters. The van der Waals surface area contributed by atoms with Crippen molar-refractivity contribution >= 4 is 34.8 Å². The minimum Gasteiger partial charge on any atom is -0.444 e. The van der Waals surface area contributed by atoms with Crippen molar-refractivity contribution in [3.05, 3.63) is 65.5 Å². The highest BCUT2D eigenvalue weighted by atomic mass is 16.6. The number of nitrogens with two attached hydrogens (primary N) is 1. The second kappa shape index (κ2) is 12.6.